The Morgan fingerprint density at radius 1 is 1.43 bits per heavy atom. The Morgan fingerprint density at radius 2 is 2.22 bits per heavy atom. The molecular formula is C15H12ClN3O3S. The lowest BCUT2D eigenvalue weighted by Crippen LogP contribution is -2.14. The Balaban J connectivity index is 1.86. The van der Waals surface area contributed by atoms with Crippen molar-refractivity contribution in [2.75, 3.05) is 5.32 Å². The molecule has 0 fully saturated rings. The van der Waals surface area contributed by atoms with Gasteiger partial charge in [-0.15, -0.1) is 11.3 Å². The van der Waals surface area contributed by atoms with E-state index < -0.39 is 11.8 Å². The van der Waals surface area contributed by atoms with Gasteiger partial charge in [-0.1, -0.05) is 23.7 Å². The van der Waals surface area contributed by atoms with E-state index in [0.29, 0.717) is 27.0 Å². The van der Waals surface area contributed by atoms with E-state index in [1.54, 1.807) is 24.4 Å². The number of carbonyl (C=O) groups excluding carboxylic acids is 2. The first-order valence-corrected chi connectivity index (χ1v) is 7.93. The van der Waals surface area contributed by atoms with Crippen LogP contribution in [0.2, 0.25) is 5.02 Å². The number of halogens is 1. The molecule has 0 radical (unpaired) electrons. The summed E-state index contributed by atoms with van der Waals surface area (Å²) in [6.45, 7) is 1.79. The molecule has 0 unspecified atom stereocenters. The van der Waals surface area contributed by atoms with Crippen LogP contribution in [0.25, 0.3) is 11.0 Å². The molecule has 0 saturated carbocycles. The van der Waals surface area contributed by atoms with Crippen LogP contribution in [0.4, 0.5) is 5.13 Å². The third-order valence-electron chi connectivity index (χ3n) is 3.25. The third-order valence-corrected chi connectivity index (χ3v) is 4.35. The Hall–Kier alpha value is -2.38. The fraction of sp³-hybridized carbons (Fsp3) is 0.133. The number of nitrogens with two attached hydrogens (primary N) is 1. The molecule has 118 valence electrons. The number of para-hydroxylation sites is 1. The Kier molecular flexibility index (Phi) is 4.06. The zero-order valence-corrected chi connectivity index (χ0v) is 13.6. The van der Waals surface area contributed by atoms with Gasteiger partial charge in [-0.25, -0.2) is 4.98 Å². The number of furan rings is 1. The molecule has 0 aliphatic carbocycles. The molecule has 8 heteroatoms. The zero-order valence-electron chi connectivity index (χ0n) is 12.1. The lowest BCUT2D eigenvalue weighted by molar-refractivity contribution is -0.117. The number of benzene rings is 1. The summed E-state index contributed by atoms with van der Waals surface area (Å²) in [5, 5.41) is 5.93. The van der Waals surface area contributed by atoms with Gasteiger partial charge < -0.3 is 10.2 Å². The molecule has 23 heavy (non-hydrogen) atoms. The molecule has 0 aliphatic heterocycles. The molecule has 0 bridgehead atoms. The first kappa shape index (κ1) is 15.5. The van der Waals surface area contributed by atoms with Gasteiger partial charge in [0.05, 0.1) is 17.1 Å². The van der Waals surface area contributed by atoms with Crippen LogP contribution in [0.3, 0.4) is 0 Å². The number of hydrogen-bond acceptors (Lipinski definition) is 5. The molecule has 1 aromatic carbocycles. The van der Waals surface area contributed by atoms with Gasteiger partial charge in [-0.05, 0) is 13.0 Å². The average Bonchev–Trinajstić information content (AvgIpc) is 3.04. The predicted octanol–water partition coefficient (Wildman–Crippen LogP) is 3.13. The largest absolute Gasteiger partial charge is 0.449 e. The zero-order chi connectivity index (χ0) is 16.6. The summed E-state index contributed by atoms with van der Waals surface area (Å²) in [5.74, 6) is -0.717. The summed E-state index contributed by atoms with van der Waals surface area (Å²) >= 11 is 7.29. The summed E-state index contributed by atoms with van der Waals surface area (Å²) in [4.78, 5) is 27.4. The summed E-state index contributed by atoms with van der Waals surface area (Å²) in [5.41, 5.74) is 6.81. The van der Waals surface area contributed by atoms with Gasteiger partial charge in [-0.3, -0.25) is 14.9 Å². The number of amides is 2. The predicted molar refractivity (Wildman–Crippen MR) is 88.9 cm³/mol. The summed E-state index contributed by atoms with van der Waals surface area (Å²) in [6.07, 6.45) is 0.0334. The first-order chi connectivity index (χ1) is 11.0. The lowest BCUT2D eigenvalue weighted by Gasteiger charge is -1.99. The molecule has 0 saturated heterocycles. The van der Waals surface area contributed by atoms with E-state index in [0.717, 1.165) is 5.39 Å². The molecule has 3 N–H and O–H groups in total. The van der Waals surface area contributed by atoms with Crippen LogP contribution in [0.15, 0.2) is 28.0 Å². The minimum atomic E-state index is -0.476. The molecule has 0 spiro atoms. The van der Waals surface area contributed by atoms with Crippen molar-refractivity contribution in [1.82, 2.24) is 4.98 Å². The second-order valence-corrected chi connectivity index (χ2v) is 6.18. The molecule has 0 aliphatic rings. The van der Waals surface area contributed by atoms with Gasteiger partial charge in [0.15, 0.2) is 16.5 Å². The van der Waals surface area contributed by atoms with Crippen molar-refractivity contribution >= 4 is 50.9 Å². The number of rotatable bonds is 4. The van der Waals surface area contributed by atoms with Crippen molar-refractivity contribution < 1.29 is 14.0 Å². The van der Waals surface area contributed by atoms with Gasteiger partial charge in [-0.2, -0.15) is 0 Å². The van der Waals surface area contributed by atoms with Crippen molar-refractivity contribution in [2.45, 2.75) is 13.3 Å². The van der Waals surface area contributed by atoms with E-state index in [4.69, 9.17) is 21.8 Å². The Bertz CT molecular complexity index is 916. The number of anilines is 1. The quantitative estimate of drug-likeness (QED) is 0.755. The number of fused-ring (bicyclic) bond motifs is 1. The number of carbonyl (C=O) groups is 2. The lowest BCUT2D eigenvalue weighted by atomic mass is 10.1. The normalized spacial score (nSPS) is 10.9. The summed E-state index contributed by atoms with van der Waals surface area (Å²) in [6, 6.07) is 5.34. The van der Waals surface area contributed by atoms with Crippen LogP contribution in [0, 0.1) is 6.92 Å². The first-order valence-electron chi connectivity index (χ1n) is 6.67. The monoisotopic (exact) mass is 349 g/mol. The third kappa shape index (κ3) is 3.06. The van der Waals surface area contributed by atoms with E-state index in [2.05, 4.69) is 10.3 Å². The summed E-state index contributed by atoms with van der Waals surface area (Å²) in [7, 11) is 0. The maximum atomic E-state index is 12.4. The number of hydrogen-bond donors (Lipinski definition) is 2. The smallest absolute Gasteiger partial charge is 0.293 e. The fourth-order valence-electron chi connectivity index (χ4n) is 2.20. The van der Waals surface area contributed by atoms with Crippen molar-refractivity contribution in [2.24, 2.45) is 5.73 Å². The van der Waals surface area contributed by atoms with Crippen molar-refractivity contribution in [3.8, 4) is 0 Å². The van der Waals surface area contributed by atoms with Crippen LogP contribution in [-0.2, 0) is 11.2 Å². The van der Waals surface area contributed by atoms with Crippen LogP contribution < -0.4 is 11.1 Å². The number of thiazole rings is 1. The highest BCUT2D eigenvalue weighted by Gasteiger charge is 2.20. The Morgan fingerprint density at radius 3 is 2.91 bits per heavy atom. The standard InChI is InChI=1S/C15H12ClN3O3S/c1-7-9-3-2-4-10(16)13(9)22-12(7)14(21)19-15-18-8(6-23-15)5-11(17)20/h2-4,6H,5H2,1H3,(H2,17,20)(H,18,19,21). The number of nitrogens with zero attached hydrogens (tertiary/aromatic N) is 1. The Labute approximate surface area is 140 Å². The van der Waals surface area contributed by atoms with Crippen LogP contribution in [0.5, 0.6) is 0 Å². The highest BCUT2D eigenvalue weighted by Crippen LogP contribution is 2.31. The maximum Gasteiger partial charge on any atom is 0.293 e. The van der Waals surface area contributed by atoms with Gasteiger partial charge in [0, 0.05) is 16.3 Å². The topological polar surface area (TPSA) is 98.2 Å². The van der Waals surface area contributed by atoms with Crippen molar-refractivity contribution in [3.63, 3.8) is 0 Å². The minimum Gasteiger partial charge on any atom is -0.449 e. The number of aromatic nitrogens is 1. The highest BCUT2D eigenvalue weighted by molar-refractivity contribution is 7.14. The number of aryl methyl sites for hydroxylation is 1. The van der Waals surface area contributed by atoms with E-state index in [-0.39, 0.29) is 12.2 Å². The van der Waals surface area contributed by atoms with Crippen molar-refractivity contribution in [3.05, 3.63) is 45.6 Å². The molecule has 2 aromatic heterocycles. The van der Waals surface area contributed by atoms with E-state index >= 15 is 0 Å². The van der Waals surface area contributed by atoms with Crippen molar-refractivity contribution in [1.29, 1.82) is 0 Å². The molecular weight excluding hydrogens is 338 g/mol. The number of nitrogens with one attached hydrogen (secondary N) is 1. The molecule has 0 atom stereocenters. The van der Waals surface area contributed by atoms with Crippen LogP contribution >= 0.6 is 22.9 Å². The molecule has 2 amide bonds. The van der Waals surface area contributed by atoms with Gasteiger partial charge in [0.25, 0.3) is 5.91 Å². The van der Waals surface area contributed by atoms with Gasteiger partial charge >= 0.3 is 0 Å². The van der Waals surface area contributed by atoms with Gasteiger partial charge in [0.1, 0.15) is 0 Å². The van der Waals surface area contributed by atoms with Crippen LogP contribution in [0.1, 0.15) is 21.8 Å². The van der Waals surface area contributed by atoms with Crippen LogP contribution in [-0.4, -0.2) is 16.8 Å². The van der Waals surface area contributed by atoms with E-state index in [1.807, 2.05) is 6.07 Å². The second kappa shape index (κ2) is 6.02. The minimum absolute atomic E-state index is 0.0334. The molecule has 6 nitrogen and oxygen atoms in total. The maximum absolute atomic E-state index is 12.4. The highest BCUT2D eigenvalue weighted by atomic mass is 35.5. The molecule has 3 rings (SSSR count). The average molecular weight is 350 g/mol. The van der Waals surface area contributed by atoms with E-state index in [1.165, 1.54) is 11.3 Å². The second-order valence-electron chi connectivity index (χ2n) is 4.91. The summed E-state index contributed by atoms with van der Waals surface area (Å²) < 4.78 is 5.59. The SMILES string of the molecule is Cc1c(C(=O)Nc2nc(CC(N)=O)cs2)oc2c(Cl)cccc12. The van der Waals surface area contributed by atoms with Gasteiger partial charge in [0.2, 0.25) is 5.91 Å². The van der Waals surface area contributed by atoms with E-state index in [9.17, 15) is 9.59 Å². The fourth-order valence-corrected chi connectivity index (χ4v) is 3.12. The molecule has 3 aromatic rings. The number of primary amides is 1. The molecule has 2 heterocycles.